The molecule has 5 nitrogen and oxygen atoms in total. The van der Waals surface area contributed by atoms with Crippen LogP contribution in [0.1, 0.15) is 35.2 Å². The number of para-hydroxylation sites is 1. The Morgan fingerprint density at radius 2 is 2.00 bits per heavy atom. The topological polar surface area (TPSA) is 62.3 Å². The lowest BCUT2D eigenvalue weighted by Gasteiger charge is -2.15. The van der Waals surface area contributed by atoms with E-state index in [1.807, 2.05) is 47.4 Å². The molecule has 0 spiro atoms. The van der Waals surface area contributed by atoms with E-state index < -0.39 is 0 Å². The summed E-state index contributed by atoms with van der Waals surface area (Å²) in [7, 11) is 0. The Hall–Kier alpha value is -2.38. The van der Waals surface area contributed by atoms with Crippen LogP contribution in [0.15, 0.2) is 52.9 Å². The number of rotatable bonds is 8. The van der Waals surface area contributed by atoms with E-state index in [1.165, 1.54) is 10.3 Å². The van der Waals surface area contributed by atoms with Crippen molar-refractivity contribution in [2.75, 3.05) is 19.6 Å². The van der Waals surface area contributed by atoms with Gasteiger partial charge in [0, 0.05) is 37.4 Å². The highest BCUT2D eigenvalue weighted by Gasteiger charge is 2.19. The summed E-state index contributed by atoms with van der Waals surface area (Å²) in [5.74, 6) is 0.991. The molecule has 1 aliphatic rings. The molecule has 0 bridgehead atoms. The smallest absolute Gasteiger partial charge is 0.251 e. The molecule has 7 heteroatoms. The van der Waals surface area contributed by atoms with Crippen molar-refractivity contribution in [3.8, 4) is 0 Å². The second kappa shape index (κ2) is 9.41. The average Bonchev–Trinajstić information content (AvgIpc) is 3.35. The average molecular weight is 426 g/mol. The summed E-state index contributed by atoms with van der Waals surface area (Å²) in [5.41, 5.74) is 2.87. The number of hydrogen-bond donors (Lipinski definition) is 1. The van der Waals surface area contributed by atoms with Crippen molar-refractivity contribution in [1.29, 1.82) is 0 Å². The number of likely N-dealkylation sites (tertiary alicyclic amines) is 1. The summed E-state index contributed by atoms with van der Waals surface area (Å²) in [6, 6.07) is 15.9. The van der Waals surface area contributed by atoms with Gasteiger partial charge in [0.05, 0.1) is 10.2 Å². The van der Waals surface area contributed by atoms with Crippen LogP contribution in [-0.2, 0) is 10.5 Å². The number of hydrogen-bond acceptors (Lipinski definition) is 5. The van der Waals surface area contributed by atoms with Crippen LogP contribution in [0.5, 0.6) is 0 Å². The van der Waals surface area contributed by atoms with Crippen LogP contribution < -0.4 is 5.32 Å². The van der Waals surface area contributed by atoms with Gasteiger partial charge in [0.25, 0.3) is 5.91 Å². The molecule has 3 aromatic rings. The van der Waals surface area contributed by atoms with E-state index in [0.29, 0.717) is 18.5 Å². The van der Waals surface area contributed by atoms with Gasteiger partial charge in [-0.3, -0.25) is 9.59 Å². The van der Waals surface area contributed by atoms with Crippen LogP contribution in [0.2, 0.25) is 0 Å². The molecule has 0 radical (unpaired) electrons. The maximum absolute atomic E-state index is 12.3. The molecule has 0 atom stereocenters. The van der Waals surface area contributed by atoms with E-state index in [0.717, 1.165) is 41.5 Å². The van der Waals surface area contributed by atoms with Gasteiger partial charge in [0.15, 0.2) is 4.34 Å². The third-order valence-corrected chi connectivity index (χ3v) is 7.16. The third-order valence-electron chi connectivity index (χ3n) is 4.91. The molecule has 0 saturated carbocycles. The highest BCUT2D eigenvalue weighted by Crippen LogP contribution is 2.31. The number of carbonyl (C=O) groups excluding carboxylic acids is 2. The van der Waals surface area contributed by atoms with E-state index in [4.69, 9.17) is 0 Å². The molecule has 1 fully saturated rings. The fraction of sp³-hybridized carbons (Fsp3) is 0.318. The number of aromatic nitrogens is 1. The number of benzene rings is 2. The summed E-state index contributed by atoms with van der Waals surface area (Å²) >= 11 is 3.43. The van der Waals surface area contributed by atoms with Crippen molar-refractivity contribution in [3.63, 3.8) is 0 Å². The van der Waals surface area contributed by atoms with Gasteiger partial charge in [0.1, 0.15) is 0 Å². The molecule has 29 heavy (non-hydrogen) atoms. The van der Waals surface area contributed by atoms with Crippen LogP contribution in [-0.4, -0.2) is 41.3 Å². The Balaban J connectivity index is 1.22. The molecule has 150 valence electrons. The zero-order valence-electron chi connectivity index (χ0n) is 16.1. The van der Waals surface area contributed by atoms with E-state index >= 15 is 0 Å². The van der Waals surface area contributed by atoms with Crippen molar-refractivity contribution in [2.45, 2.75) is 29.4 Å². The van der Waals surface area contributed by atoms with Crippen LogP contribution in [0, 0.1) is 0 Å². The number of thioether (sulfide) groups is 1. The highest BCUT2D eigenvalue weighted by molar-refractivity contribution is 8.00. The zero-order valence-corrected chi connectivity index (χ0v) is 17.7. The van der Waals surface area contributed by atoms with Gasteiger partial charge in [-0.15, -0.1) is 11.3 Å². The molecular formula is C22H23N3O2S2. The fourth-order valence-corrected chi connectivity index (χ4v) is 5.35. The molecule has 0 aliphatic carbocycles. The Kier molecular flexibility index (Phi) is 6.46. The molecule has 1 aromatic heterocycles. The summed E-state index contributed by atoms with van der Waals surface area (Å²) in [5, 5.41) is 2.94. The van der Waals surface area contributed by atoms with E-state index in [-0.39, 0.29) is 11.8 Å². The van der Waals surface area contributed by atoms with Gasteiger partial charge in [-0.2, -0.15) is 0 Å². The number of fused-ring (bicyclic) bond motifs is 1. The van der Waals surface area contributed by atoms with Gasteiger partial charge in [-0.05, 0) is 42.7 Å². The van der Waals surface area contributed by atoms with Crippen LogP contribution in [0.25, 0.3) is 10.2 Å². The minimum atomic E-state index is -0.0666. The minimum Gasteiger partial charge on any atom is -0.352 e. The third kappa shape index (κ3) is 5.16. The summed E-state index contributed by atoms with van der Waals surface area (Å²) in [6.45, 7) is 2.15. The van der Waals surface area contributed by atoms with E-state index in [2.05, 4.69) is 16.4 Å². The molecule has 1 aliphatic heterocycles. The van der Waals surface area contributed by atoms with Crippen molar-refractivity contribution >= 4 is 45.1 Å². The molecule has 4 rings (SSSR count). The van der Waals surface area contributed by atoms with Crippen LogP contribution in [0.3, 0.4) is 0 Å². The Morgan fingerprint density at radius 3 is 2.76 bits per heavy atom. The number of nitrogens with zero attached hydrogens (tertiary/aromatic N) is 2. The Labute approximate surface area is 178 Å². The number of thiazole rings is 1. The fourth-order valence-electron chi connectivity index (χ4n) is 3.32. The van der Waals surface area contributed by atoms with Gasteiger partial charge >= 0.3 is 0 Å². The Morgan fingerprint density at radius 1 is 1.17 bits per heavy atom. The van der Waals surface area contributed by atoms with Crippen LogP contribution >= 0.6 is 23.1 Å². The zero-order chi connectivity index (χ0) is 20.1. The second-order valence-electron chi connectivity index (χ2n) is 7.03. The first-order valence-electron chi connectivity index (χ1n) is 9.82. The number of amides is 2. The number of carbonyl (C=O) groups is 2. The lowest BCUT2D eigenvalue weighted by molar-refractivity contribution is -0.127. The minimum absolute atomic E-state index is 0.0666. The predicted octanol–water partition coefficient (Wildman–Crippen LogP) is 4.33. The van der Waals surface area contributed by atoms with Crippen molar-refractivity contribution in [2.24, 2.45) is 0 Å². The first kappa shape index (κ1) is 19.9. The second-order valence-corrected chi connectivity index (χ2v) is 9.28. The molecule has 0 unspecified atom stereocenters. The normalized spacial score (nSPS) is 13.9. The SMILES string of the molecule is O=C(NCCCN1CCCC1=O)c1ccc(CSc2nc3ccccc3s2)cc1. The summed E-state index contributed by atoms with van der Waals surface area (Å²) in [6.07, 6.45) is 2.40. The summed E-state index contributed by atoms with van der Waals surface area (Å²) in [4.78, 5) is 30.4. The molecule has 1 saturated heterocycles. The van der Waals surface area contributed by atoms with Gasteiger partial charge < -0.3 is 10.2 Å². The molecular weight excluding hydrogens is 402 g/mol. The highest BCUT2D eigenvalue weighted by atomic mass is 32.2. The quantitative estimate of drug-likeness (QED) is 0.431. The lowest BCUT2D eigenvalue weighted by atomic mass is 10.1. The first-order chi connectivity index (χ1) is 14.2. The standard InChI is InChI=1S/C22H23N3O2S2/c26-20-7-3-13-25(20)14-4-12-23-21(27)17-10-8-16(9-11-17)15-28-22-24-18-5-1-2-6-19(18)29-22/h1-2,5-6,8-11H,3-4,7,12-15H2,(H,23,27). The lowest BCUT2D eigenvalue weighted by Crippen LogP contribution is -2.30. The van der Waals surface area contributed by atoms with Gasteiger partial charge in [-0.25, -0.2) is 4.98 Å². The first-order valence-corrected chi connectivity index (χ1v) is 11.6. The van der Waals surface area contributed by atoms with Crippen molar-refractivity contribution in [1.82, 2.24) is 15.2 Å². The Bertz CT molecular complexity index is 968. The largest absolute Gasteiger partial charge is 0.352 e. The van der Waals surface area contributed by atoms with Crippen LogP contribution in [0.4, 0.5) is 0 Å². The molecule has 2 heterocycles. The molecule has 1 N–H and O–H groups in total. The van der Waals surface area contributed by atoms with Gasteiger partial charge in [-0.1, -0.05) is 36.0 Å². The van der Waals surface area contributed by atoms with Gasteiger partial charge in [0.2, 0.25) is 5.91 Å². The van der Waals surface area contributed by atoms with E-state index in [1.54, 1.807) is 23.1 Å². The molecule has 2 aromatic carbocycles. The maximum Gasteiger partial charge on any atom is 0.251 e. The molecule has 2 amide bonds. The maximum atomic E-state index is 12.3. The number of nitrogens with one attached hydrogen (secondary N) is 1. The summed E-state index contributed by atoms with van der Waals surface area (Å²) < 4.78 is 2.26. The van der Waals surface area contributed by atoms with Crippen molar-refractivity contribution in [3.05, 3.63) is 59.7 Å². The van der Waals surface area contributed by atoms with E-state index in [9.17, 15) is 9.59 Å². The predicted molar refractivity (Wildman–Crippen MR) is 118 cm³/mol. The monoisotopic (exact) mass is 425 g/mol. The van der Waals surface area contributed by atoms with Crippen molar-refractivity contribution < 1.29 is 9.59 Å².